The molecule has 1 aliphatic heterocycles. The second kappa shape index (κ2) is 8.37. The molecule has 8 heteroatoms. The molecule has 0 radical (unpaired) electrons. The zero-order valence-corrected chi connectivity index (χ0v) is 19.0. The highest BCUT2D eigenvalue weighted by Gasteiger charge is 2.23. The fraction of sp³-hybridized carbons (Fsp3) is 0.292. The molecule has 1 amide bonds. The van der Waals surface area contributed by atoms with Crippen molar-refractivity contribution in [1.29, 1.82) is 0 Å². The maximum Gasteiger partial charge on any atom is 0.259 e. The van der Waals surface area contributed by atoms with Crippen molar-refractivity contribution in [3.05, 3.63) is 81.0 Å². The summed E-state index contributed by atoms with van der Waals surface area (Å²) in [6.45, 7) is 7.37. The van der Waals surface area contributed by atoms with Crippen molar-refractivity contribution in [2.24, 2.45) is 0 Å². The number of piperazine rings is 1. The highest BCUT2D eigenvalue weighted by molar-refractivity contribution is 7.18. The Bertz CT molecular complexity index is 1310. The zero-order valence-electron chi connectivity index (χ0n) is 18.2. The molecule has 1 aromatic carbocycles. The molecule has 0 spiro atoms. The molecular formula is C24H25N5O2S. The highest BCUT2D eigenvalue weighted by Crippen LogP contribution is 2.25. The lowest BCUT2D eigenvalue weighted by Crippen LogP contribution is -2.48. The van der Waals surface area contributed by atoms with Gasteiger partial charge < -0.3 is 14.5 Å². The Hall–Kier alpha value is -3.23. The van der Waals surface area contributed by atoms with Gasteiger partial charge in [-0.2, -0.15) is 0 Å². The summed E-state index contributed by atoms with van der Waals surface area (Å²) >= 11 is 1.57. The lowest BCUT2D eigenvalue weighted by Gasteiger charge is -2.34. The number of H-pyrrole nitrogens is 1. The number of hydrogen-bond acceptors (Lipinski definition) is 5. The van der Waals surface area contributed by atoms with E-state index in [0.29, 0.717) is 36.4 Å². The van der Waals surface area contributed by atoms with Crippen LogP contribution in [0.1, 0.15) is 26.6 Å². The van der Waals surface area contributed by atoms with Gasteiger partial charge in [0, 0.05) is 54.7 Å². The molecule has 7 nitrogen and oxygen atoms in total. The van der Waals surface area contributed by atoms with Crippen molar-refractivity contribution >= 4 is 27.5 Å². The van der Waals surface area contributed by atoms with Gasteiger partial charge in [-0.1, -0.05) is 0 Å². The standard InChI is InChI=1S/C24H25N5O2S/c1-16-17(2)32-23-21(16)22(30)25-20(26-23)15-27-11-13-29(14-12-27)24(31)18-5-7-19(8-6-18)28-9-3-4-10-28/h3-10H,11-15H2,1-2H3,(H,25,26,30). The van der Waals surface area contributed by atoms with Crippen molar-refractivity contribution in [2.45, 2.75) is 20.4 Å². The number of benzene rings is 1. The lowest BCUT2D eigenvalue weighted by molar-refractivity contribution is 0.0625. The number of aromatic amines is 1. The highest BCUT2D eigenvalue weighted by atomic mass is 32.1. The fourth-order valence-corrected chi connectivity index (χ4v) is 5.21. The van der Waals surface area contributed by atoms with Crippen molar-refractivity contribution in [1.82, 2.24) is 24.3 Å². The number of amides is 1. The van der Waals surface area contributed by atoms with Gasteiger partial charge in [0.1, 0.15) is 10.7 Å². The second-order valence-corrected chi connectivity index (χ2v) is 9.38. The molecular weight excluding hydrogens is 422 g/mol. The Labute approximate surface area is 189 Å². The van der Waals surface area contributed by atoms with Crippen LogP contribution in [0.3, 0.4) is 0 Å². The number of nitrogens with one attached hydrogen (secondary N) is 1. The smallest absolute Gasteiger partial charge is 0.259 e. The van der Waals surface area contributed by atoms with Crippen LogP contribution >= 0.6 is 11.3 Å². The largest absolute Gasteiger partial charge is 0.336 e. The zero-order chi connectivity index (χ0) is 22.2. The molecule has 0 unspecified atom stereocenters. The number of thiophene rings is 1. The summed E-state index contributed by atoms with van der Waals surface area (Å²) in [5.74, 6) is 0.741. The van der Waals surface area contributed by atoms with Gasteiger partial charge in [0.25, 0.3) is 11.5 Å². The number of nitrogens with zero attached hydrogens (tertiary/aromatic N) is 4. The average molecular weight is 448 g/mol. The topological polar surface area (TPSA) is 74.2 Å². The molecule has 0 atom stereocenters. The fourth-order valence-electron chi connectivity index (χ4n) is 4.16. The SMILES string of the molecule is Cc1sc2nc(CN3CCN(C(=O)c4ccc(-n5cccc5)cc4)CC3)[nH]c(=O)c2c1C. The van der Waals surface area contributed by atoms with E-state index in [9.17, 15) is 9.59 Å². The van der Waals surface area contributed by atoms with Crippen LogP contribution in [0.2, 0.25) is 0 Å². The lowest BCUT2D eigenvalue weighted by atomic mass is 10.1. The summed E-state index contributed by atoms with van der Waals surface area (Å²) in [5.41, 5.74) is 2.68. The Morgan fingerprint density at radius 3 is 2.44 bits per heavy atom. The third kappa shape index (κ3) is 3.87. The molecule has 1 saturated heterocycles. The first-order valence-electron chi connectivity index (χ1n) is 10.7. The van der Waals surface area contributed by atoms with Crippen LogP contribution in [0.4, 0.5) is 0 Å². The molecule has 3 aromatic heterocycles. The first kappa shape index (κ1) is 20.7. The molecule has 4 heterocycles. The van der Waals surface area contributed by atoms with E-state index in [1.165, 1.54) is 0 Å². The van der Waals surface area contributed by atoms with Gasteiger partial charge >= 0.3 is 0 Å². The van der Waals surface area contributed by atoms with Crippen LogP contribution in [-0.2, 0) is 6.54 Å². The number of rotatable bonds is 4. The van der Waals surface area contributed by atoms with Crippen molar-refractivity contribution in [3.8, 4) is 5.69 Å². The van der Waals surface area contributed by atoms with E-state index >= 15 is 0 Å². The predicted molar refractivity (Wildman–Crippen MR) is 127 cm³/mol. The van der Waals surface area contributed by atoms with E-state index in [4.69, 9.17) is 0 Å². The van der Waals surface area contributed by atoms with E-state index in [0.717, 1.165) is 34.0 Å². The molecule has 1 fully saturated rings. The Morgan fingerprint density at radius 2 is 1.75 bits per heavy atom. The first-order valence-corrected chi connectivity index (χ1v) is 11.5. The van der Waals surface area contributed by atoms with Gasteiger partial charge in [0.05, 0.1) is 11.9 Å². The van der Waals surface area contributed by atoms with E-state index < -0.39 is 0 Å². The summed E-state index contributed by atoms with van der Waals surface area (Å²) in [5, 5.41) is 0.703. The summed E-state index contributed by atoms with van der Waals surface area (Å²) in [7, 11) is 0. The van der Waals surface area contributed by atoms with Gasteiger partial charge in [0.15, 0.2) is 0 Å². The third-order valence-corrected chi connectivity index (χ3v) is 7.24. The normalized spacial score (nSPS) is 14.9. The molecule has 0 aliphatic carbocycles. The third-order valence-electron chi connectivity index (χ3n) is 6.14. The Kier molecular flexibility index (Phi) is 5.40. The van der Waals surface area contributed by atoms with Crippen LogP contribution in [0.5, 0.6) is 0 Å². The van der Waals surface area contributed by atoms with E-state index in [2.05, 4.69) is 14.9 Å². The molecule has 0 saturated carbocycles. The number of carbonyl (C=O) groups excluding carboxylic acids is 1. The number of aromatic nitrogens is 3. The van der Waals surface area contributed by atoms with Gasteiger partial charge in [-0.25, -0.2) is 4.98 Å². The first-order chi connectivity index (χ1) is 15.5. The summed E-state index contributed by atoms with van der Waals surface area (Å²) in [6, 6.07) is 11.7. The minimum absolute atomic E-state index is 0.0567. The number of carbonyl (C=O) groups is 1. The predicted octanol–water partition coefficient (Wildman–Crippen LogP) is 3.35. The van der Waals surface area contributed by atoms with Crippen LogP contribution < -0.4 is 5.56 Å². The van der Waals surface area contributed by atoms with E-state index in [-0.39, 0.29) is 11.5 Å². The Morgan fingerprint density at radius 1 is 1.06 bits per heavy atom. The number of fused-ring (bicyclic) bond motifs is 1. The van der Waals surface area contributed by atoms with Crippen LogP contribution in [0.15, 0.2) is 53.6 Å². The molecule has 32 heavy (non-hydrogen) atoms. The van der Waals surface area contributed by atoms with Crippen LogP contribution in [0, 0.1) is 13.8 Å². The monoisotopic (exact) mass is 447 g/mol. The van der Waals surface area contributed by atoms with Crippen LogP contribution in [-0.4, -0.2) is 56.4 Å². The quantitative estimate of drug-likeness (QED) is 0.521. The van der Waals surface area contributed by atoms with Gasteiger partial charge in [0.2, 0.25) is 0 Å². The average Bonchev–Trinajstić information content (AvgIpc) is 3.43. The Balaban J connectivity index is 1.22. The summed E-state index contributed by atoms with van der Waals surface area (Å²) in [6.07, 6.45) is 3.97. The van der Waals surface area contributed by atoms with Gasteiger partial charge in [-0.3, -0.25) is 14.5 Å². The van der Waals surface area contributed by atoms with Gasteiger partial charge in [-0.15, -0.1) is 11.3 Å². The van der Waals surface area contributed by atoms with E-state index in [1.807, 2.05) is 72.1 Å². The van der Waals surface area contributed by atoms with E-state index in [1.54, 1.807) is 11.3 Å². The molecule has 4 aromatic rings. The molecule has 1 N–H and O–H groups in total. The minimum atomic E-state index is -0.0657. The van der Waals surface area contributed by atoms with Crippen LogP contribution in [0.25, 0.3) is 15.9 Å². The second-order valence-electron chi connectivity index (χ2n) is 8.18. The maximum atomic E-state index is 12.9. The maximum absolute atomic E-state index is 12.9. The van der Waals surface area contributed by atoms with Gasteiger partial charge in [-0.05, 0) is 55.8 Å². The van der Waals surface area contributed by atoms with Crippen molar-refractivity contribution in [3.63, 3.8) is 0 Å². The number of hydrogen-bond donors (Lipinski definition) is 1. The van der Waals surface area contributed by atoms with Crippen molar-refractivity contribution < 1.29 is 4.79 Å². The summed E-state index contributed by atoms with van der Waals surface area (Å²) < 4.78 is 2.02. The molecule has 1 aliphatic rings. The van der Waals surface area contributed by atoms with Crippen molar-refractivity contribution in [2.75, 3.05) is 26.2 Å². The minimum Gasteiger partial charge on any atom is -0.336 e. The molecule has 0 bridgehead atoms. The molecule has 164 valence electrons. The number of aryl methyl sites for hydroxylation is 2. The molecule has 5 rings (SSSR count). The summed E-state index contributed by atoms with van der Waals surface area (Å²) in [4.78, 5) is 39.1.